The van der Waals surface area contributed by atoms with Crippen molar-refractivity contribution in [3.8, 4) is 22.8 Å². The third-order valence-electron chi connectivity index (χ3n) is 4.19. The molecule has 1 N–H and O–H groups in total. The number of benzene rings is 2. The fourth-order valence-electron chi connectivity index (χ4n) is 2.66. The molecule has 4 rings (SSSR count). The van der Waals surface area contributed by atoms with Crippen LogP contribution < -0.4 is 5.32 Å². The van der Waals surface area contributed by atoms with Gasteiger partial charge in [-0.05, 0) is 19.1 Å². The zero-order chi connectivity index (χ0) is 19.3. The van der Waals surface area contributed by atoms with Crippen LogP contribution in [0.1, 0.15) is 21.9 Å². The number of carbonyl (C=O) groups is 1. The van der Waals surface area contributed by atoms with Gasteiger partial charge >= 0.3 is 0 Å². The third-order valence-corrected chi connectivity index (χ3v) is 4.19. The molecule has 0 radical (unpaired) electrons. The fraction of sp³-hybridized carbons (Fsp3) is 0.143. The monoisotopic (exact) mass is 374 g/mol. The third kappa shape index (κ3) is 3.98. The van der Waals surface area contributed by atoms with E-state index in [9.17, 15) is 4.79 Å². The zero-order valence-electron chi connectivity index (χ0n) is 15.3. The molecule has 4 aromatic rings. The Morgan fingerprint density at radius 2 is 1.79 bits per heavy atom. The number of rotatable bonds is 6. The summed E-state index contributed by atoms with van der Waals surface area (Å²) in [6.07, 6.45) is 0.425. The van der Waals surface area contributed by atoms with Crippen LogP contribution in [0.5, 0.6) is 0 Å². The molecule has 2 aromatic carbocycles. The van der Waals surface area contributed by atoms with Gasteiger partial charge in [0.1, 0.15) is 0 Å². The number of hydrogen-bond donors (Lipinski definition) is 1. The number of aryl methyl sites for hydroxylation is 1. The van der Waals surface area contributed by atoms with E-state index in [0.717, 1.165) is 16.7 Å². The molecular formula is C21H18N4O3. The molecule has 0 spiro atoms. The number of nitrogens with one attached hydrogen (secondary N) is 1. The van der Waals surface area contributed by atoms with Crippen molar-refractivity contribution < 1.29 is 13.7 Å². The lowest BCUT2D eigenvalue weighted by atomic mass is 10.1. The molecule has 0 aliphatic rings. The molecule has 2 aromatic heterocycles. The average molecular weight is 374 g/mol. The van der Waals surface area contributed by atoms with Crippen LogP contribution >= 0.6 is 0 Å². The van der Waals surface area contributed by atoms with E-state index in [0.29, 0.717) is 30.5 Å². The van der Waals surface area contributed by atoms with Crippen molar-refractivity contribution in [2.45, 2.75) is 13.3 Å². The summed E-state index contributed by atoms with van der Waals surface area (Å²) < 4.78 is 10.9. The van der Waals surface area contributed by atoms with Crippen molar-refractivity contribution in [3.63, 3.8) is 0 Å². The quantitative estimate of drug-likeness (QED) is 0.553. The predicted octanol–water partition coefficient (Wildman–Crippen LogP) is 3.67. The lowest BCUT2D eigenvalue weighted by molar-refractivity contribution is 0.0944. The van der Waals surface area contributed by atoms with Gasteiger partial charge in [0, 0.05) is 30.2 Å². The van der Waals surface area contributed by atoms with Crippen molar-refractivity contribution in [1.82, 2.24) is 20.7 Å². The SMILES string of the molecule is Cc1ccc(-c2cc(C(=O)NCCc3nnc(-c4ccccc4)o3)no2)cc1. The fourth-order valence-corrected chi connectivity index (χ4v) is 2.66. The second kappa shape index (κ2) is 7.87. The molecule has 0 unspecified atom stereocenters. The van der Waals surface area contributed by atoms with Crippen LogP contribution in [-0.4, -0.2) is 27.8 Å². The Morgan fingerprint density at radius 3 is 2.57 bits per heavy atom. The summed E-state index contributed by atoms with van der Waals surface area (Å²) in [5.74, 6) is 1.15. The second-order valence-electron chi connectivity index (χ2n) is 6.32. The summed E-state index contributed by atoms with van der Waals surface area (Å²) >= 11 is 0. The molecule has 0 fully saturated rings. The van der Waals surface area contributed by atoms with Gasteiger partial charge < -0.3 is 14.3 Å². The number of nitrogens with zero attached hydrogens (tertiary/aromatic N) is 3. The van der Waals surface area contributed by atoms with E-state index >= 15 is 0 Å². The predicted molar refractivity (Wildman–Crippen MR) is 102 cm³/mol. The first kappa shape index (κ1) is 17.7. The maximum Gasteiger partial charge on any atom is 0.273 e. The Hall–Kier alpha value is -3.74. The Labute approximate surface area is 161 Å². The summed E-state index contributed by atoms with van der Waals surface area (Å²) in [5.41, 5.74) is 3.11. The number of carbonyl (C=O) groups excluding carboxylic acids is 1. The number of hydrogen-bond acceptors (Lipinski definition) is 6. The average Bonchev–Trinajstić information content (AvgIpc) is 3.39. The highest BCUT2D eigenvalue weighted by molar-refractivity contribution is 5.93. The highest BCUT2D eigenvalue weighted by Gasteiger charge is 2.14. The zero-order valence-corrected chi connectivity index (χ0v) is 15.3. The molecule has 0 saturated carbocycles. The molecule has 0 saturated heterocycles. The molecule has 2 heterocycles. The number of amides is 1. The Kier molecular flexibility index (Phi) is 4.97. The summed E-state index contributed by atoms with van der Waals surface area (Å²) in [6, 6.07) is 19.0. The van der Waals surface area contributed by atoms with Gasteiger partial charge in [-0.15, -0.1) is 10.2 Å². The van der Waals surface area contributed by atoms with Crippen molar-refractivity contribution in [3.05, 3.63) is 77.8 Å². The maximum absolute atomic E-state index is 12.3. The van der Waals surface area contributed by atoms with E-state index < -0.39 is 0 Å². The molecule has 7 heteroatoms. The van der Waals surface area contributed by atoms with E-state index in [-0.39, 0.29) is 11.6 Å². The molecule has 0 atom stereocenters. The highest BCUT2D eigenvalue weighted by Crippen LogP contribution is 2.21. The molecule has 140 valence electrons. The van der Waals surface area contributed by atoms with E-state index in [1.165, 1.54) is 0 Å². The Bertz CT molecular complexity index is 1070. The van der Waals surface area contributed by atoms with Crippen molar-refractivity contribution in [2.24, 2.45) is 0 Å². The molecule has 1 amide bonds. The summed E-state index contributed by atoms with van der Waals surface area (Å²) in [5, 5.41) is 14.7. The van der Waals surface area contributed by atoms with Gasteiger partial charge in [-0.2, -0.15) is 0 Å². The second-order valence-corrected chi connectivity index (χ2v) is 6.32. The van der Waals surface area contributed by atoms with E-state index in [1.807, 2.05) is 61.5 Å². The minimum atomic E-state index is -0.315. The van der Waals surface area contributed by atoms with Crippen LogP contribution in [0.3, 0.4) is 0 Å². The van der Waals surface area contributed by atoms with Gasteiger partial charge in [-0.1, -0.05) is 53.2 Å². The van der Waals surface area contributed by atoms with E-state index in [4.69, 9.17) is 8.94 Å². The molecule has 0 aliphatic carbocycles. The Morgan fingerprint density at radius 1 is 1.00 bits per heavy atom. The highest BCUT2D eigenvalue weighted by atomic mass is 16.5. The topological polar surface area (TPSA) is 94.1 Å². The molecule has 0 aliphatic heterocycles. The summed E-state index contributed by atoms with van der Waals surface area (Å²) in [7, 11) is 0. The van der Waals surface area contributed by atoms with Gasteiger partial charge in [-0.25, -0.2) is 0 Å². The maximum atomic E-state index is 12.3. The van der Waals surface area contributed by atoms with Gasteiger partial charge in [0.25, 0.3) is 5.91 Å². The van der Waals surface area contributed by atoms with Gasteiger partial charge in [0.05, 0.1) is 0 Å². The number of aromatic nitrogens is 3. The van der Waals surface area contributed by atoms with Gasteiger partial charge in [-0.3, -0.25) is 4.79 Å². The molecule has 0 bridgehead atoms. The van der Waals surface area contributed by atoms with Crippen molar-refractivity contribution >= 4 is 5.91 Å². The lowest BCUT2D eigenvalue weighted by Crippen LogP contribution is -2.26. The standard InChI is InChI=1S/C21H18N4O3/c1-14-7-9-15(10-8-14)18-13-17(25-28-18)20(26)22-12-11-19-23-24-21(27-19)16-5-3-2-4-6-16/h2-10,13H,11-12H2,1H3,(H,22,26). The van der Waals surface area contributed by atoms with Crippen LogP contribution in [0.15, 0.2) is 69.6 Å². The first-order chi connectivity index (χ1) is 13.7. The minimum absolute atomic E-state index is 0.228. The molecular weight excluding hydrogens is 356 g/mol. The molecule has 28 heavy (non-hydrogen) atoms. The summed E-state index contributed by atoms with van der Waals surface area (Å²) in [6.45, 7) is 2.36. The lowest BCUT2D eigenvalue weighted by Gasteiger charge is -1.99. The minimum Gasteiger partial charge on any atom is -0.421 e. The smallest absolute Gasteiger partial charge is 0.273 e. The largest absolute Gasteiger partial charge is 0.421 e. The van der Waals surface area contributed by atoms with Crippen LogP contribution in [0, 0.1) is 6.92 Å². The van der Waals surface area contributed by atoms with Crippen molar-refractivity contribution in [1.29, 1.82) is 0 Å². The van der Waals surface area contributed by atoms with Crippen LogP contribution in [0.25, 0.3) is 22.8 Å². The normalized spacial score (nSPS) is 10.8. The van der Waals surface area contributed by atoms with Gasteiger partial charge in [0.2, 0.25) is 11.8 Å². The van der Waals surface area contributed by atoms with Crippen LogP contribution in [-0.2, 0) is 6.42 Å². The van der Waals surface area contributed by atoms with Crippen LogP contribution in [0.2, 0.25) is 0 Å². The first-order valence-electron chi connectivity index (χ1n) is 8.89. The van der Waals surface area contributed by atoms with Crippen molar-refractivity contribution in [2.75, 3.05) is 6.54 Å². The molecule has 7 nitrogen and oxygen atoms in total. The van der Waals surface area contributed by atoms with Gasteiger partial charge in [0.15, 0.2) is 11.5 Å². The van der Waals surface area contributed by atoms with E-state index in [1.54, 1.807) is 6.07 Å². The van der Waals surface area contributed by atoms with E-state index in [2.05, 4.69) is 20.7 Å². The van der Waals surface area contributed by atoms with Crippen LogP contribution in [0.4, 0.5) is 0 Å². The Balaban J connectivity index is 1.33. The first-order valence-corrected chi connectivity index (χ1v) is 8.89. The summed E-state index contributed by atoms with van der Waals surface area (Å²) in [4.78, 5) is 12.3.